The Morgan fingerprint density at radius 1 is 0.608 bits per heavy atom. The number of ether oxygens (including phenoxy) is 3. The predicted octanol–water partition coefficient (Wildman–Crippen LogP) is 13.1. The van der Waals surface area contributed by atoms with Crippen molar-refractivity contribution in [3.63, 3.8) is 0 Å². The molecular formula is C73H98ClN7O9S7. The molecule has 5 aromatic rings. The number of nitrogens with one attached hydrogen (secondary N) is 3. The summed E-state index contributed by atoms with van der Waals surface area (Å²) in [5, 5.41) is 0.293. The monoisotopic (exact) mass is 1480 g/mol. The minimum Gasteiger partial charge on any atom is -0.370 e. The average Bonchev–Trinajstić information content (AvgIpc) is 1.66. The number of benzene rings is 1. The van der Waals surface area contributed by atoms with E-state index < -0.39 is 46.6 Å². The van der Waals surface area contributed by atoms with Crippen LogP contribution in [0.3, 0.4) is 0 Å². The number of rotatable bonds is 21. The number of aromatic nitrogens is 1. The van der Waals surface area contributed by atoms with E-state index in [0.29, 0.717) is 57.2 Å². The molecule has 3 saturated heterocycles. The standard InChI is InChI=1S/C73H98ClN7O9S7/c1-7-57-33-63-67(91-57)15-23-88-71(63)17-20-79(46(4)36-71)43-52-29-56(30-52)78-97(86,87)69-14-13-66(93-69)62-44-90-73(65-34-58(8-2)92-70(62)65)19-22-81(48(6)38-73)42-50-25-54(26-50)76-95(82,83)60-12-10-11-49(31-60)45-94-59(9-3)35-64-68(94)16-24-89-72(64)18-21-80(47(5)37-72)41-51-27-55(28-51)77-96(84,85)61-32-53(74)39-75-40-61/h10-14,31-35,39-40,46-48,50-52,54-56,62,76-78,94H,7-9,15-30,36-38,41-45H2,1-6H3/t46-,47-,48-,50-,51-,52-,54+,55+,56+,62?,71+,72+,73+/m0/s1. The van der Waals surface area contributed by atoms with E-state index in [1.807, 2.05) is 40.9 Å². The second-order valence-electron chi connectivity index (χ2n) is 30.2. The van der Waals surface area contributed by atoms with Crippen molar-refractivity contribution in [3.8, 4) is 0 Å². The second-order valence-corrected chi connectivity index (χ2v) is 41.8. The third-order valence-corrected chi connectivity index (χ3v) is 35.9. The molecule has 1 aromatic carbocycles. The predicted molar refractivity (Wildman–Crippen MR) is 391 cm³/mol. The Hall–Kier alpha value is -2.92. The molecule has 97 heavy (non-hydrogen) atoms. The van der Waals surface area contributed by atoms with Gasteiger partial charge >= 0.3 is 0 Å². The van der Waals surface area contributed by atoms with Crippen LogP contribution in [0, 0.1) is 17.8 Å². The van der Waals surface area contributed by atoms with Crippen molar-refractivity contribution in [1.29, 1.82) is 0 Å². The van der Waals surface area contributed by atoms with Crippen LogP contribution in [-0.2, 0) is 80.5 Å². The molecule has 11 heterocycles. The molecule has 3 aliphatic carbocycles. The Morgan fingerprint density at radius 2 is 1.16 bits per heavy atom. The number of hydrogen-bond donors (Lipinski definition) is 4. The molecule has 8 atom stereocenters. The number of aryl methyl sites for hydroxylation is 2. The lowest BCUT2D eigenvalue weighted by molar-refractivity contribution is -0.117. The maximum atomic E-state index is 14.2. The molecular weight excluding hydrogens is 1380 g/mol. The van der Waals surface area contributed by atoms with Crippen LogP contribution in [-0.4, -0.2) is 146 Å². The first-order valence-corrected chi connectivity index (χ1v) is 44.8. The van der Waals surface area contributed by atoms with Crippen molar-refractivity contribution in [3.05, 3.63) is 135 Å². The van der Waals surface area contributed by atoms with E-state index in [9.17, 15) is 25.3 Å². The molecule has 16 nitrogen and oxygen atoms in total. The van der Waals surface area contributed by atoms with Crippen LogP contribution in [0.2, 0.25) is 5.02 Å². The van der Waals surface area contributed by atoms with Gasteiger partial charge in [0, 0.05) is 131 Å². The highest BCUT2D eigenvalue weighted by Gasteiger charge is 2.51. The van der Waals surface area contributed by atoms with Gasteiger partial charge in [-0.15, -0.1) is 34.0 Å². The smallest absolute Gasteiger partial charge is 0.250 e. The van der Waals surface area contributed by atoms with Crippen LogP contribution in [0.15, 0.2) is 102 Å². The highest BCUT2D eigenvalue weighted by Crippen LogP contribution is 2.61. The Labute approximate surface area is 596 Å². The zero-order chi connectivity index (χ0) is 67.4. The molecule has 0 amide bonds. The van der Waals surface area contributed by atoms with Crippen molar-refractivity contribution in [2.24, 2.45) is 17.8 Å². The summed E-state index contributed by atoms with van der Waals surface area (Å²) in [6.45, 7) is 21.4. The van der Waals surface area contributed by atoms with Gasteiger partial charge in [0.25, 0.3) is 0 Å². The Kier molecular flexibility index (Phi) is 19.9. The number of fused-ring (bicyclic) bond motifs is 5. The van der Waals surface area contributed by atoms with Crippen molar-refractivity contribution in [2.75, 3.05) is 59.1 Å². The highest BCUT2D eigenvalue weighted by molar-refractivity contribution is 8.23. The first-order valence-electron chi connectivity index (χ1n) is 36.0. The van der Waals surface area contributed by atoms with Gasteiger partial charge in [-0.1, -0.05) is 44.5 Å². The molecule has 0 radical (unpaired) electrons. The number of sulfonamides is 3. The van der Waals surface area contributed by atoms with Gasteiger partial charge < -0.3 is 28.9 Å². The van der Waals surface area contributed by atoms with Gasteiger partial charge in [0.2, 0.25) is 30.1 Å². The van der Waals surface area contributed by atoms with E-state index >= 15 is 0 Å². The minimum atomic E-state index is -3.75. The summed E-state index contributed by atoms with van der Waals surface area (Å²) in [6.07, 6.45) is 20.6. The van der Waals surface area contributed by atoms with E-state index in [-0.39, 0.29) is 46.2 Å². The molecule has 6 fully saturated rings. The van der Waals surface area contributed by atoms with Crippen molar-refractivity contribution >= 4 is 86.6 Å². The quantitative estimate of drug-likeness (QED) is 0.0509. The fourth-order valence-electron chi connectivity index (χ4n) is 18.4. The molecule has 7 aliphatic heterocycles. The minimum absolute atomic E-state index is 0.0168. The van der Waals surface area contributed by atoms with Crippen LogP contribution >= 0.6 is 56.5 Å². The third-order valence-electron chi connectivity index (χ3n) is 23.8. The number of allylic oxidation sites excluding steroid dienone is 1. The lowest BCUT2D eigenvalue weighted by atomic mass is 9.76. The maximum Gasteiger partial charge on any atom is 0.250 e. The van der Waals surface area contributed by atoms with Gasteiger partial charge in [-0.3, -0.25) is 4.98 Å². The molecule has 3 saturated carbocycles. The summed E-state index contributed by atoms with van der Waals surface area (Å²) >= 11 is 11.3. The molecule has 2 unspecified atom stereocenters. The summed E-state index contributed by atoms with van der Waals surface area (Å²) in [7, 11) is -11.8. The fourth-order valence-corrected chi connectivity index (χ4v) is 29.4. The summed E-state index contributed by atoms with van der Waals surface area (Å²) in [4.78, 5) is 21.8. The molecule has 0 bridgehead atoms. The molecule has 3 N–H and O–H groups in total. The Morgan fingerprint density at radius 3 is 1.77 bits per heavy atom. The summed E-state index contributed by atoms with van der Waals surface area (Å²) < 4.78 is 113. The SMILES string of the molecule is CCC1=CC2=C(CCO[C@@]23CCN(C[C@H]2C[C@@H](NS(=O)(=O)c4cncc(Cl)c4)C2)[C@@H](C)C3)[SH]1Cc1cccc(S(=O)(=O)N[C@H]2C[C@@H](CN3CC[C@]4(C[C@@H]3C)OCC(c3ccc(S(=O)(=O)N[C@H]5C[C@@H](CN6CC[C@]7(C[C@@H]6C)OCCc6sc(CC)cc67)C5)s3)c3sc(CC)cc34)C2)c1. The molecule has 3 spiro atoms. The Balaban J connectivity index is 0.512. The topological polar surface area (TPSA) is 189 Å². The maximum absolute atomic E-state index is 14.2. The van der Waals surface area contributed by atoms with Crippen LogP contribution in [0.5, 0.6) is 0 Å². The van der Waals surface area contributed by atoms with E-state index in [4.69, 9.17) is 25.8 Å². The van der Waals surface area contributed by atoms with Crippen LogP contribution < -0.4 is 14.2 Å². The number of nitrogens with zero attached hydrogens (tertiary/aromatic N) is 4. The first-order chi connectivity index (χ1) is 46.5. The van der Waals surface area contributed by atoms with Crippen LogP contribution in [0.25, 0.3) is 0 Å². The fraction of sp³-hybridized carbons (Fsp3) is 0.630. The van der Waals surface area contributed by atoms with Gasteiger partial charge in [0.1, 0.15) is 9.10 Å². The van der Waals surface area contributed by atoms with Crippen molar-refractivity contribution in [2.45, 2.75) is 229 Å². The molecule has 15 rings (SSSR count). The molecule has 10 aliphatic rings. The van der Waals surface area contributed by atoms with Crippen LogP contribution in [0.4, 0.5) is 0 Å². The number of hydrogen-bond acceptors (Lipinski definition) is 16. The van der Waals surface area contributed by atoms with Gasteiger partial charge in [0.05, 0.1) is 52.5 Å². The zero-order valence-electron chi connectivity index (χ0n) is 57.0. The lowest BCUT2D eigenvalue weighted by Gasteiger charge is -2.50. The zero-order valence-corrected chi connectivity index (χ0v) is 63.6. The Bertz CT molecular complexity index is 4180. The van der Waals surface area contributed by atoms with E-state index in [2.05, 4.69) is 99.7 Å². The van der Waals surface area contributed by atoms with Crippen molar-refractivity contribution < 1.29 is 39.5 Å². The van der Waals surface area contributed by atoms with Gasteiger partial charge in [0.15, 0.2) is 0 Å². The normalized spacial score (nSPS) is 33.7. The first kappa shape index (κ1) is 69.8. The van der Waals surface area contributed by atoms with Crippen LogP contribution in [0.1, 0.15) is 178 Å². The largest absolute Gasteiger partial charge is 0.370 e. The number of halogens is 1. The average molecular weight is 1480 g/mol. The number of likely N-dealkylation sites (tertiary alicyclic amines) is 3. The third kappa shape index (κ3) is 13.9. The molecule has 4 aromatic heterocycles. The summed E-state index contributed by atoms with van der Waals surface area (Å²) in [6, 6.07) is 18.5. The summed E-state index contributed by atoms with van der Waals surface area (Å²) in [5.74, 6) is 2.08. The number of pyridine rings is 1. The van der Waals surface area contributed by atoms with Gasteiger partial charge in [-0.2, -0.15) is 0 Å². The lowest BCUT2D eigenvalue weighted by Crippen LogP contribution is -2.55. The van der Waals surface area contributed by atoms with E-state index in [1.54, 1.807) is 12.1 Å². The van der Waals surface area contributed by atoms with Gasteiger partial charge in [-0.05, 0) is 215 Å². The molecule has 528 valence electrons. The number of thiol groups is 1. The second kappa shape index (κ2) is 27.6. The van der Waals surface area contributed by atoms with E-state index in [0.717, 1.165) is 171 Å². The van der Waals surface area contributed by atoms with Crippen molar-refractivity contribution in [1.82, 2.24) is 33.8 Å². The molecule has 24 heteroatoms. The van der Waals surface area contributed by atoms with E-state index in [1.165, 1.54) is 75.8 Å². The highest BCUT2D eigenvalue weighted by atomic mass is 35.5. The van der Waals surface area contributed by atoms with Gasteiger partial charge in [-0.25, -0.2) is 50.3 Å². The number of thiophene rings is 3. The number of piperidine rings is 3. The summed E-state index contributed by atoms with van der Waals surface area (Å²) in [5.41, 5.74) is 4.27.